The zero-order valence-corrected chi connectivity index (χ0v) is 12.3. The smallest absolute Gasteiger partial charge is 0.181 e. The predicted molar refractivity (Wildman–Crippen MR) is 87.3 cm³/mol. The molecule has 0 radical (unpaired) electrons. The van der Waals surface area contributed by atoms with E-state index in [1.165, 1.54) is 0 Å². The molecule has 0 unspecified atom stereocenters. The minimum atomic E-state index is -0.358. The van der Waals surface area contributed by atoms with E-state index in [4.69, 9.17) is 0 Å². The Bertz CT molecular complexity index is 601. The fraction of sp³-hybridized carbons (Fsp3) is 0.200. The predicted octanol–water partition coefficient (Wildman–Crippen LogP) is 5.61. The fourth-order valence-corrected chi connectivity index (χ4v) is 2.10. The van der Waals surface area contributed by atoms with Gasteiger partial charge in [-0.25, -0.2) is 0 Å². The van der Waals surface area contributed by atoms with Crippen molar-refractivity contribution in [2.45, 2.75) is 26.2 Å². The Morgan fingerprint density at radius 2 is 1.43 bits per heavy atom. The van der Waals surface area contributed by atoms with E-state index in [1.54, 1.807) is 0 Å². The van der Waals surface area contributed by atoms with Crippen LogP contribution < -0.4 is 0 Å². The monoisotopic (exact) mass is 278 g/mol. The molecule has 0 saturated heterocycles. The molecule has 0 aromatic heterocycles. The van der Waals surface area contributed by atoms with Gasteiger partial charge in [-0.2, -0.15) is 4.39 Å². The Labute approximate surface area is 126 Å². The first-order chi connectivity index (χ1) is 10.3. The molecule has 0 spiro atoms. The van der Waals surface area contributed by atoms with Crippen molar-refractivity contribution in [1.82, 2.24) is 0 Å². The van der Waals surface area contributed by atoms with Crippen LogP contribution in [0.25, 0.3) is 5.57 Å². The van der Waals surface area contributed by atoms with E-state index in [0.29, 0.717) is 5.57 Å². The quantitative estimate of drug-likeness (QED) is 0.504. The SMILES string of the molecule is CCCCC#CC(F)=C(c1ccccc1)c1ccccc1. The molecule has 0 aliphatic rings. The largest absolute Gasteiger partial charge is 0.196 e. The molecule has 0 saturated carbocycles. The first-order valence-electron chi connectivity index (χ1n) is 7.32. The van der Waals surface area contributed by atoms with Crippen LogP contribution in [0, 0.1) is 11.8 Å². The summed E-state index contributed by atoms with van der Waals surface area (Å²) in [5.41, 5.74) is 2.28. The van der Waals surface area contributed by atoms with Gasteiger partial charge in [0.05, 0.1) is 0 Å². The highest BCUT2D eigenvalue weighted by Crippen LogP contribution is 2.27. The number of benzene rings is 2. The molecule has 0 aliphatic carbocycles. The third-order valence-electron chi connectivity index (χ3n) is 3.20. The Balaban J connectivity index is 2.43. The van der Waals surface area contributed by atoms with E-state index < -0.39 is 0 Å². The maximum atomic E-state index is 14.6. The van der Waals surface area contributed by atoms with E-state index in [1.807, 2.05) is 60.7 Å². The molecule has 0 bridgehead atoms. The molecule has 0 atom stereocenters. The highest BCUT2D eigenvalue weighted by atomic mass is 19.1. The van der Waals surface area contributed by atoms with Crippen molar-refractivity contribution in [2.24, 2.45) is 0 Å². The summed E-state index contributed by atoms with van der Waals surface area (Å²) in [4.78, 5) is 0. The van der Waals surface area contributed by atoms with Gasteiger partial charge in [0, 0.05) is 12.0 Å². The minimum Gasteiger partial charge on any atom is -0.196 e. The van der Waals surface area contributed by atoms with Crippen LogP contribution in [0.4, 0.5) is 4.39 Å². The average molecular weight is 278 g/mol. The molecule has 1 heteroatoms. The third-order valence-corrected chi connectivity index (χ3v) is 3.20. The van der Waals surface area contributed by atoms with Gasteiger partial charge in [-0.15, -0.1) is 0 Å². The Hall–Kier alpha value is -2.33. The molecule has 2 rings (SSSR count). The summed E-state index contributed by atoms with van der Waals surface area (Å²) in [6.07, 6.45) is 2.82. The normalized spacial score (nSPS) is 9.62. The zero-order chi connectivity index (χ0) is 14.9. The van der Waals surface area contributed by atoms with Gasteiger partial charge in [-0.05, 0) is 23.5 Å². The minimum absolute atomic E-state index is 0.358. The van der Waals surface area contributed by atoms with Gasteiger partial charge < -0.3 is 0 Å². The number of rotatable bonds is 4. The van der Waals surface area contributed by atoms with E-state index in [2.05, 4.69) is 18.8 Å². The van der Waals surface area contributed by atoms with Crippen molar-refractivity contribution in [2.75, 3.05) is 0 Å². The van der Waals surface area contributed by atoms with Crippen LogP contribution in [0.2, 0.25) is 0 Å². The van der Waals surface area contributed by atoms with Gasteiger partial charge in [0.2, 0.25) is 0 Å². The molecule has 2 aromatic carbocycles. The molecular formula is C20H19F. The van der Waals surface area contributed by atoms with Crippen molar-refractivity contribution in [3.05, 3.63) is 77.6 Å². The first kappa shape index (κ1) is 15.1. The van der Waals surface area contributed by atoms with Crippen molar-refractivity contribution in [3.63, 3.8) is 0 Å². The number of hydrogen-bond donors (Lipinski definition) is 0. The third kappa shape index (κ3) is 4.33. The summed E-state index contributed by atoms with van der Waals surface area (Å²) >= 11 is 0. The maximum absolute atomic E-state index is 14.6. The van der Waals surface area contributed by atoms with Crippen molar-refractivity contribution < 1.29 is 4.39 Å². The molecule has 0 amide bonds. The lowest BCUT2D eigenvalue weighted by atomic mass is 9.97. The fourth-order valence-electron chi connectivity index (χ4n) is 2.10. The van der Waals surface area contributed by atoms with Gasteiger partial charge in [-0.3, -0.25) is 0 Å². The summed E-state index contributed by atoms with van der Waals surface area (Å²) in [6.45, 7) is 2.10. The van der Waals surface area contributed by atoms with Crippen LogP contribution in [0.5, 0.6) is 0 Å². The Morgan fingerprint density at radius 1 is 0.905 bits per heavy atom. The van der Waals surface area contributed by atoms with E-state index in [-0.39, 0.29) is 5.83 Å². The van der Waals surface area contributed by atoms with Gasteiger partial charge in [0.1, 0.15) is 0 Å². The van der Waals surface area contributed by atoms with Crippen LogP contribution in [0.15, 0.2) is 66.5 Å². The lowest BCUT2D eigenvalue weighted by molar-refractivity contribution is 0.678. The van der Waals surface area contributed by atoms with Crippen LogP contribution in [0.1, 0.15) is 37.3 Å². The van der Waals surface area contributed by atoms with E-state index in [9.17, 15) is 4.39 Å². The second-order valence-corrected chi connectivity index (χ2v) is 4.83. The molecular weight excluding hydrogens is 259 g/mol. The zero-order valence-electron chi connectivity index (χ0n) is 12.3. The van der Waals surface area contributed by atoms with E-state index >= 15 is 0 Å². The standard InChI is InChI=1S/C20H19F/c1-2-3-4-11-16-19(21)20(17-12-7-5-8-13-17)18-14-9-6-10-15-18/h5-10,12-15H,2-4H2,1H3. The molecule has 21 heavy (non-hydrogen) atoms. The number of allylic oxidation sites excluding steroid dienone is 1. The average Bonchev–Trinajstić information content (AvgIpc) is 2.54. The van der Waals surface area contributed by atoms with Crippen LogP contribution in [-0.4, -0.2) is 0 Å². The first-order valence-corrected chi connectivity index (χ1v) is 7.32. The summed E-state index contributed by atoms with van der Waals surface area (Å²) in [7, 11) is 0. The summed E-state index contributed by atoms with van der Waals surface area (Å²) in [5, 5.41) is 0. The molecule has 106 valence electrons. The second-order valence-electron chi connectivity index (χ2n) is 4.83. The van der Waals surface area contributed by atoms with Gasteiger partial charge >= 0.3 is 0 Å². The van der Waals surface area contributed by atoms with Crippen molar-refractivity contribution >= 4 is 5.57 Å². The molecule has 0 nitrogen and oxygen atoms in total. The highest BCUT2D eigenvalue weighted by molar-refractivity contribution is 5.83. The lowest BCUT2D eigenvalue weighted by Crippen LogP contribution is -1.90. The molecule has 0 heterocycles. The number of halogens is 1. The number of unbranched alkanes of at least 4 members (excludes halogenated alkanes) is 2. The summed E-state index contributed by atoms with van der Waals surface area (Å²) in [6, 6.07) is 19.2. The van der Waals surface area contributed by atoms with Crippen molar-refractivity contribution in [3.8, 4) is 11.8 Å². The van der Waals surface area contributed by atoms with Crippen LogP contribution in [0.3, 0.4) is 0 Å². The second kappa shape index (κ2) is 8.07. The Kier molecular flexibility index (Phi) is 5.79. The van der Waals surface area contributed by atoms with Crippen LogP contribution >= 0.6 is 0 Å². The molecule has 0 fully saturated rings. The van der Waals surface area contributed by atoms with Crippen LogP contribution in [-0.2, 0) is 0 Å². The molecule has 2 aromatic rings. The lowest BCUT2D eigenvalue weighted by Gasteiger charge is -2.08. The van der Waals surface area contributed by atoms with Gasteiger partial charge in [0.15, 0.2) is 5.83 Å². The molecule has 0 N–H and O–H groups in total. The summed E-state index contributed by atoms with van der Waals surface area (Å²) < 4.78 is 14.6. The van der Waals surface area contributed by atoms with Gasteiger partial charge in [0.25, 0.3) is 0 Å². The Morgan fingerprint density at radius 3 is 1.90 bits per heavy atom. The van der Waals surface area contributed by atoms with Gasteiger partial charge in [-0.1, -0.05) is 79.9 Å². The highest BCUT2D eigenvalue weighted by Gasteiger charge is 2.09. The van der Waals surface area contributed by atoms with E-state index in [0.717, 1.165) is 30.4 Å². The topological polar surface area (TPSA) is 0 Å². The maximum Gasteiger partial charge on any atom is 0.181 e. The summed E-state index contributed by atoms with van der Waals surface area (Å²) in [5.74, 6) is 5.24. The molecule has 0 aliphatic heterocycles. The number of hydrogen-bond acceptors (Lipinski definition) is 0. The van der Waals surface area contributed by atoms with Crippen molar-refractivity contribution in [1.29, 1.82) is 0 Å².